The van der Waals surface area contributed by atoms with Gasteiger partial charge in [0.1, 0.15) is 0 Å². The highest BCUT2D eigenvalue weighted by molar-refractivity contribution is 9.10. The fourth-order valence-corrected chi connectivity index (χ4v) is 2.42. The Morgan fingerprint density at radius 1 is 1.37 bits per heavy atom. The van der Waals surface area contributed by atoms with Crippen LogP contribution in [0.4, 0.5) is 5.69 Å². The number of nitrogens with one attached hydrogen (secondary N) is 2. The van der Waals surface area contributed by atoms with Gasteiger partial charge in [0.25, 0.3) is 0 Å². The first-order valence-corrected chi connectivity index (χ1v) is 6.51. The molecule has 0 saturated carbocycles. The minimum atomic E-state index is -1.06. The van der Waals surface area contributed by atoms with Crippen molar-refractivity contribution in [2.45, 2.75) is 18.6 Å². The van der Waals surface area contributed by atoms with E-state index in [4.69, 9.17) is 5.11 Å². The largest absolute Gasteiger partial charge is 0.478 e. The molecule has 0 radical (unpaired) electrons. The third-order valence-electron chi connectivity index (χ3n) is 2.84. The molecule has 2 unspecified atom stereocenters. The molecule has 7 heteroatoms. The van der Waals surface area contributed by atoms with E-state index in [2.05, 4.69) is 26.6 Å². The van der Waals surface area contributed by atoms with Crippen LogP contribution in [0.15, 0.2) is 22.7 Å². The molecular weight excluding hydrogens is 316 g/mol. The number of halogens is 1. The van der Waals surface area contributed by atoms with Gasteiger partial charge < -0.3 is 20.8 Å². The highest BCUT2D eigenvalue weighted by atomic mass is 79.9. The molecule has 1 aromatic rings. The maximum atomic E-state index is 11.9. The molecule has 1 heterocycles. The van der Waals surface area contributed by atoms with Crippen molar-refractivity contribution in [2.75, 3.05) is 11.9 Å². The zero-order valence-corrected chi connectivity index (χ0v) is 11.5. The van der Waals surface area contributed by atoms with Gasteiger partial charge >= 0.3 is 5.97 Å². The van der Waals surface area contributed by atoms with Crippen molar-refractivity contribution in [3.63, 3.8) is 0 Å². The number of aliphatic hydroxyl groups is 1. The summed E-state index contributed by atoms with van der Waals surface area (Å²) in [6, 6.07) is 4.00. The second kappa shape index (κ2) is 5.68. The normalized spacial score (nSPS) is 22.2. The van der Waals surface area contributed by atoms with E-state index >= 15 is 0 Å². The highest BCUT2D eigenvalue weighted by Crippen LogP contribution is 2.20. The van der Waals surface area contributed by atoms with Crippen LogP contribution >= 0.6 is 15.9 Å². The second-order valence-corrected chi connectivity index (χ2v) is 5.29. The van der Waals surface area contributed by atoms with Gasteiger partial charge in [-0.05, 0) is 24.6 Å². The average Bonchev–Trinajstić information content (AvgIpc) is 2.75. The number of hydrogen-bond donors (Lipinski definition) is 4. The van der Waals surface area contributed by atoms with E-state index in [1.165, 1.54) is 12.1 Å². The number of carbonyl (C=O) groups excluding carboxylic acids is 1. The van der Waals surface area contributed by atoms with E-state index < -0.39 is 18.1 Å². The van der Waals surface area contributed by atoms with Gasteiger partial charge in [-0.25, -0.2) is 4.79 Å². The highest BCUT2D eigenvalue weighted by Gasteiger charge is 2.28. The van der Waals surface area contributed by atoms with E-state index in [-0.39, 0.29) is 11.5 Å². The molecule has 0 bridgehead atoms. The molecule has 1 saturated heterocycles. The SMILES string of the molecule is O=C(O)c1cc(Br)cc(NC(=O)C2CC(O)CN2)c1. The number of β-amino-alcohol motifs (C(OH)–C–C–N with tert-alkyl or cyclic N) is 1. The lowest BCUT2D eigenvalue weighted by Gasteiger charge is -2.11. The lowest BCUT2D eigenvalue weighted by atomic mass is 10.1. The average molecular weight is 329 g/mol. The fourth-order valence-electron chi connectivity index (χ4n) is 1.93. The van der Waals surface area contributed by atoms with Crippen molar-refractivity contribution in [1.29, 1.82) is 0 Å². The first-order valence-electron chi connectivity index (χ1n) is 5.72. The van der Waals surface area contributed by atoms with Gasteiger partial charge in [0.05, 0.1) is 17.7 Å². The number of rotatable bonds is 3. The number of carbonyl (C=O) groups is 2. The number of hydrogen-bond acceptors (Lipinski definition) is 4. The van der Waals surface area contributed by atoms with Gasteiger partial charge in [-0.1, -0.05) is 15.9 Å². The second-order valence-electron chi connectivity index (χ2n) is 4.37. The molecule has 102 valence electrons. The van der Waals surface area contributed by atoms with E-state index in [0.717, 1.165) is 0 Å². The van der Waals surface area contributed by atoms with Crippen LogP contribution in [0.2, 0.25) is 0 Å². The maximum Gasteiger partial charge on any atom is 0.335 e. The fraction of sp³-hybridized carbons (Fsp3) is 0.333. The van der Waals surface area contributed by atoms with Crippen molar-refractivity contribution in [3.8, 4) is 0 Å². The summed E-state index contributed by atoms with van der Waals surface area (Å²) in [5.41, 5.74) is 0.490. The number of benzene rings is 1. The topological polar surface area (TPSA) is 98.7 Å². The van der Waals surface area contributed by atoms with Gasteiger partial charge in [-0.3, -0.25) is 4.79 Å². The van der Waals surface area contributed by atoms with Crippen molar-refractivity contribution < 1.29 is 19.8 Å². The number of carboxylic acid groups (broad SMARTS) is 1. The van der Waals surface area contributed by atoms with Crippen molar-refractivity contribution in [3.05, 3.63) is 28.2 Å². The van der Waals surface area contributed by atoms with Crippen LogP contribution in [0.1, 0.15) is 16.8 Å². The molecule has 1 fully saturated rings. The monoisotopic (exact) mass is 328 g/mol. The number of amides is 1. The van der Waals surface area contributed by atoms with Crippen LogP contribution < -0.4 is 10.6 Å². The molecule has 1 aliphatic heterocycles. The van der Waals surface area contributed by atoms with Gasteiger partial charge in [0.15, 0.2) is 0 Å². The van der Waals surface area contributed by atoms with Crippen LogP contribution in [-0.2, 0) is 4.79 Å². The Morgan fingerprint density at radius 3 is 2.68 bits per heavy atom. The molecule has 0 aromatic heterocycles. The zero-order chi connectivity index (χ0) is 14.0. The van der Waals surface area contributed by atoms with Crippen molar-refractivity contribution >= 4 is 33.5 Å². The van der Waals surface area contributed by atoms with Crippen LogP contribution in [0.3, 0.4) is 0 Å². The Morgan fingerprint density at radius 2 is 2.11 bits per heavy atom. The Hall–Kier alpha value is -1.44. The predicted octanol–water partition coefficient (Wildman–Crippen LogP) is 0.809. The third-order valence-corrected chi connectivity index (χ3v) is 3.29. The van der Waals surface area contributed by atoms with Crippen LogP contribution in [0.5, 0.6) is 0 Å². The van der Waals surface area contributed by atoms with Crippen LogP contribution in [0, 0.1) is 0 Å². The Kier molecular flexibility index (Phi) is 4.18. The van der Waals surface area contributed by atoms with E-state index in [9.17, 15) is 14.7 Å². The molecule has 1 aliphatic rings. The maximum absolute atomic E-state index is 11.9. The predicted molar refractivity (Wildman–Crippen MR) is 72.1 cm³/mol. The first kappa shape index (κ1) is 14.0. The summed E-state index contributed by atoms with van der Waals surface area (Å²) in [6.45, 7) is 0.386. The minimum absolute atomic E-state index is 0.0871. The quantitative estimate of drug-likeness (QED) is 0.658. The summed E-state index contributed by atoms with van der Waals surface area (Å²) in [5.74, 6) is -1.35. The van der Waals surface area contributed by atoms with Crippen molar-refractivity contribution in [2.24, 2.45) is 0 Å². The van der Waals surface area contributed by atoms with Gasteiger partial charge in [-0.15, -0.1) is 0 Å². The number of aromatic carboxylic acids is 1. The van der Waals surface area contributed by atoms with Crippen LogP contribution in [-0.4, -0.2) is 40.8 Å². The third kappa shape index (κ3) is 3.52. The summed E-state index contributed by atoms with van der Waals surface area (Å²) >= 11 is 3.19. The van der Waals surface area contributed by atoms with Crippen LogP contribution in [0.25, 0.3) is 0 Å². The summed E-state index contributed by atoms with van der Waals surface area (Å²) in [6.07, 6.45) is -0.168. The number of carboxylic acids is 1. The molecule has 0 spiro atoms. The number of aliphatic hydroxyl groups excluding tert-OH is 1. The zero-order valence-electron chi connectivity index (χ0n) is 9.89. The van der Waals surface area contributed by atoms with Gasteiger partial charge in [-0.2, -0.15) is 0 Å². The van der Waals surface area contributed by atoms with E-state index in [1.54, 1.807) is 6.07 Å². The van der Waals surface area contributed by atoms with Gasteiger partial charge in [0.2, 0.25) is 5.91 Å². The lowest BCUT2D eigenvalue weighted by molar-refractivity contribution is -0.117. The summed E-state index contributed by atoms with van der Waals surface area (Å²) in [5, 5.41) is 23.8. The van der Waals surface area contributed by atoms with Gasteiger partial charge in [0, 0.05) is 16.7 Å². The molecule has 1 amide bonds. The van der Waals surface area contributed by atoms with E-state index in [1.807, 2.05) is 0 Å². The molecule has 2 atom stereocenters. The standard InChI is InChI=1S/C12H13BrN2O4/c13-7-1-6(12(18)19)2-8(3-7)15-11(17)10-4-9(16)5-14-10/h1-3,9-10,14,16H,4-5H2,(H,15,17)(H,18,19). The summed E-state index contributed by atoms with van der Waals surface area (Å²) in [7, 11) is 0. The molecule has 6 nitrogen and oxygen atoms in total. The molecule has 19 heavy (non-hydrogen) atoms. The Bertz CT molecular complexity index is 520. The number of anilines is 1. The molecule has 0 aliphatic carbocycles. The lowest BCUT2D eigenvalue weighted by Crippen LogP contribution is -2.35. The Balaban J connectivity index is 2.10. The molecule has 1 aromatic carbocycles. The molecule has 2 rings (SSSR count). The summed E-state index contributed by atoms with van der Waals surface area (Å²) in [4.78, 5) is 22.8. The Labute approximate surface area is 117 Å². The summed E-state index contributed by atoms with van der Waals surface area (Å²) < 4.78 is 0.571. The first-order chi connectivity index (χ1) is 8.95. The minimum Gasteiger partial charge on any atom is -0.478 e. The van der Waals surface area contributed by atoms with E-state index in [0.29, 0.717) is 23.1 Å². The molecule has 4 N–H and O–H groups in total. The smallest absolute Gasteiger partial charge is 0.335 e. The van der Waals surface area contributed by atoms with Crippen molar-refractivity contribution in [1.82, 2.24) is 5.32 Å². The molecular formula is C12H13BrN2O4.